The zero-order valence-corrected chi connectivity index (χ0v) is 20.8. The van der Waals surface area contributed by atoms with Crippen LogP contribution >= 0.6 is 0 Å². The van der Waals surface area contributed by atoms with Crippen LogP contribution in [0, 0.1) is 0 Å². The second kappa shape index (κ2) is 14.4. The Morgan fingerprint density at radius 1 is 0.886 bits per heavy atom. The molecule has 0 bridgehead atoms. The molecule has 0 saturated heterocycles. The van der Waals surface area contributed by atoms with Crippen molar-refractivity contribution in [3.63, 3.8) is 0 Å². The van der Waals surface area contributed by atoms with Gasteiger partial charge in [0.2, 0.25) is 0 Å². The molecule has 0 amide bonds. The fourth-order valence-electron chi connectivity index (χ4n) is 3.71. The predicted octanol–water partition coefficient (Wildman–Crippen LogP) is 5.37. The van der Waals surface area contributed by atoms with Gasteiger partial charge in [-0.05, 0) is 86.0 Å². The van der Waals surface area contributed by atoms with Crippen LogP contribution in [-0.2, 0) is 13.0 Å². The highest BCUT2D eigenvalue weighted by Crippen LogP contribution is 2.24. The standard InChI is InChI=1S/C29H38N2O4/c1-3-5-18-35-29-15-8-23(19-24(29)21-32)28(33)20-30-17-16-22-6-9-25(10-7-22)31-26-11-13-27(14-12-26)34-4-2/h6-15,19,28,30-33H,3-5,16-18,20-21H2,1-2H3/t28-/m0/s1. The van der Waals surface area contributed by atoms with Crippen LogP contribution in [0.2, 0.25) is 0 Å². The van der Waals surface area contributed by atoms with Gasteiger partial charge in [0.1, 0.15) is 11.5 Å². The normalized spacial score (nSPS) is 11.8. The smallest absolute Gasteiger partial charge is 0.124 e. The Kier molecular flexibility index (Phi) is 10.9. The summed E-state index contributed by atoms with van der Waals surface area (Å²) in [6.07, 6.45) is 2.25. The Balaban J connectivity index is 1.42. The highest BCUT2D eigenvalue weighted by Gasteiger charge is 2.11. The van der Waals surface area contributed by atoms with Gasteiger partial charge in [0.25, 0.3) is 0 Å². The van der Waals surface area contributed by atoms with Crippen LogP contribution in [0.4, 0.5) is 11.4 Å². The third kappa shape index (κ3) is 8.58. The number of hydrogen-bond donors (Lipinski definition) is 4. The highest BCUT2D eigenvalue weighted by atomic mass is 16.5. The lowest BCUT2D eigenvalue weighted by atomic mass is 10.0. The molecule has 0 fully saturated rings. The average molecular weight is 479 g/mol. The lowest BCUT2D eigenvalue weighted by Crippen LogP contribution is -2.23. The first-order chi connectivity index (χ1) is 17.1. The van der Waals surface area contributed by atoms with Crippen LogP contribution in [0.1, 0.15) is 49.5 Å². The van der Waals surface area contributed by atoms with Gasteiger partial charge in [0.15, 0.2) is 0 Å². The molecule has 188 valence electrons. The zero-order valence-electron chi connectivity index (χ0n) is 20.8. The molecule has 0 radical (unpaired) electrons. The third-order valence-electron chi connectivity index (χ3n) is 5.73. The van der Waals surface area contributed by atoms with Crippen molar-refractivity contribution in [3.05, 3.63) is 83.4 Å². The molecular formula is C29H38N2O4. The molecule has 0 saturated carbocycles. The summed E-state index contributed by atoms with van der Waals surface area (Å²) in [5.74, 6) is 1.55. The van der Waals surface area contributed by atoms with E-state index in [4.69, 9.17) is 9.47 Å². The number of hydrogen-bond acceptors (Lipinski definition) is 6. The largest absolute Gasteiger partial charge is 0.494 e. The Morgan fingerprint density at radius 3 is 2.26 bits per heavy atom. The maximum Gasteiger partial charge on any atom is 0.124 e. The van der Waals surface area contributed by atoms with Crippen LogP contribution in [-0.4, -0.2) is 36.5 Å². The van der Waals surface area contributed by atoms with Crippen molar-refractivity contribution in [3.8, 4) is 11.5 Å². The van der Waals surface area contributed by atoms with Crippen molar-refractivity contribution in [1.29, 1.82) is 0 Å². The fourth-order valence-corrected chi connectivity index (χ4v) is 3.71. The quantitative estimate of drug-likeness (QED) is 0.220. The summed E-state index contributed by atoms with van der Waals surface area (Å²) in [5, 5.41) is 27.0. The van der Waals surface area contributed by atoms with Crippen LogP contribution in [0.5, 0.6) is 11.5 Å². The van der Waals surface area contributed by atoms with Gasteiger partial charge in [-0.1, -0.05) is 31.5 Å². The zero-order chi connectivity index (χ0) is 24.9. The van der Waals surface area contributed by atoms with Crippen molar-refractivity contribution >= 4 is 11.4 Å². The van der Waals surface area contributed by atoms with E-state index in [1.54, 1.807) is 0 Å². The molecule has 35 heavy (non-hydrogen) atoms. The molecule has 0 spiro atoms. The van der Waals surface area contributed by atoms with Gasteiger partial charge in [-0.25, -0.2) is 0 Å². The molecule has 3 aromatic rings. The van der Waals surface area contributed by atoms with E-state index in [9.17, 15) is 10.2 Å². The summed E-state index contributed by atoms with van der Waals surface area (Å²) in [6.45, 7) is 6.47. The van der Waals surface area contributed by atoms with Crippen molar-refractivity contribution < 1.29 is 19.7 Å². The molecule has 0 aliphatic carbocycles. The van der Waals surface area contributed by atoms with Crippen molar-refractivity contribution in [2.24, 2.45) is 0 Å². The van der Waals surface area contributed by atoms with Gasteiger partial charge >= 0.3 is 0 Å². The van der Waals surface area contributed by atoms with E-state index in [1.165, 1.54) is 5.56 Å². The van der Waals surface area contributed by atoms with Crippen LogP contribution in [0.15, 0.2) is 66.7 Å². The summed E-state index contributed by atoms with van der Waals surface area (Å²) >= 11 is 0. The number of anilines is 2. The molecule has 6 nitrogen and oxygen atoms in total. The van der Waals surface area contributed by atoms with Crippen LogP contribution < -0.4 is 20.1 Å². The average Bonchev–Trinajstić information content (AvgIpc) is 2.89. The van der Waals surface area contributed by atoms with E-state index in [0.29, 0.717) is 31.1 Å². The van der Waals surface area contributed by atoms with E-state index < -0.39 is 6.10 Å². The molecule has 6 heteroatoms. The molecule has 0 aliphatic heterocycles. The van der Waals surface area contributed by atoms with E-state index in [-0.39, 0.29) is 6.61 Å². The summed E-state index contributed by atoms with van der Waals surface area (Å²) in [6, 6.07) is 21.8. The fraction of sp³-hybridized carbons (Fsp3) is 0.379. The van der Waals surface area contributed by atoms with Gasteiger partial charge in [-0.3, -0.25) is 0 Å². The number of rotatable bonds is 15. The number of nitrogens with one attached hydrogen (secondary N) is 2. The Hall–Kier alpha value is -3.06. The second-order valence-corrected chi connectivity index (χ2v) is 8.48. The first-order valence-electron chi connectivity index (χ1n) is 12.5. The molecular weight excluding hydrogens is 440 g/mol. The highest BCUT2D eigenvalue weighted by molar-refractivity contribution is 5.60. The van der Waals surface area contributed by atoms with Gasteiger partial charge < -0.3 is 30.3 Å². The maximum atomic E-state index is 10.6. The molecule has 0 unspecified atom stereocenters. The van der Waals surface area contributed by atoms with Crippen molar-refractivity contribution in [1.82, 2.24) is 5.32 Å². The van der Waals surface area contributed by atoms with Gasteiger partial charge in [-0.2, -0.15) is 0 Å². The Morgan fingerprint density at radius 2 is 1.60 bits per heavy atom. The summed E-state index contributed by atoms with van der Waals surface area (Å²) in [5.41, 5.74) is 4.75. The minimum Gasteiger partial charge on any atom is -0.494 e. The van der Waals surface area contributed by atoms with E-state index in [0.717, 1.165) is 48.5 Å². The van der Waals surface area contributed by atoms with Crippen molar-refractivity contribution in [2.45, 2.75) is 45.8 Å². The van der Waals surface area contributed by atoms with E-state index >= 15 is 0 Å². The monoisotopic (exact) mass is 478 g/mol. The Labute approximate surface area is 208 Å². The lowest BCUT2D eigenvalue weighted by Gasteiger charge is -2.16. The van der Waals surface area contributed by atoms with E-state index in [2.05, 4.69) is 41.8 Å². The van der Waals surface area contributed by atoms with Crippen LogP contribution in [0.3, 0.4) is 0 Å². The van der Waals surface area contributed by atoms with Gasteiger partial charge in [-0.15, -0.1) is 0 Å². The van der Waals surface area contributed by atoms with E-state index in [1.807, 2.05) is 49.4 Å². The number of ether oxygens (including phenoxy) is 2. The topological polar surface area (TPSA) is 83.0 Å². The van der Waals surface area contributed by atoms with Gasteiger partial charge in [0, 0.05) is 23.5 Å². The predicted molar refractivity (Wildman–Crippen MR) is 142 cm³/mol. The summed E-state index contributed by atoms with van der Waals surface area (Å²) in [7, 11) is 0. The number of benzene rings is 3. The summed E-state index contributed by atoms with van der Waals surface area (Å²) in [4.78, 5) is 0. The minimum absolute atomic E-state index is 0.112. The van der Waals surface area contributed by atoms with Gasteiger partial charge in [0.05, 0.1) is 25.9 Å². The molecule has 3 rings (SSSR count). The molecule has 0 heterocycles. The minimum atomic E-state index is -0.648. The molecule has 0 aromatic heterocycles. The number of unbranched alkanes of at least 4 members (excludes halogenated alkanes) is 1. The molecule has 3 aromatic carbocycles. The SMILES string of the molecule is CCCCOc1ccc([C@@H](O)CNCCc2ccc(Nc3ccc(OCC)cc3)cc2)cc1CO. The van der Waals surface area contributed by atoms with Crippen molar-refractivity contribution in [2.75, 3.05) is 31.6 Å². The first-order valence-corrected chi connectivity index (χ1v) is 12.5. The molecule has 0 aliphatic rings. The molecule has 4 N–H and O–H groups in total. The third-order valence-corrected chi connectivity index (χ3v) is 5.73. The number of aliphatic hydroxyl groups is 2. The Bertz CT molecular complexity index is 1010. The number of aliphatic hydroxyl groups excluding tert-OH is 2. The lowest BCUT2D eigenvalue weighted by molar-refractivity contribution is 0.174. The summed E-state index contributed by atoms with van der Waals surface area (Å²) < 4.78 is 11.2. The maximum absolute atomic E-state index is 10.6. The molecule has 1 atom stereocenters. The first kappa shape index (κ1) is 26.5. The second-order valence-electron chi connectivity index (χ2n) is 8.48. The van der Waals surface area contributed by atoms with Crippen LogP contribution in [0.25, 0.3) is 0 Å².